The van der Waals surface area contributed by atoms with E-state index < -0.39 is 0 Å². The second kappa shape index (κ2) is 5.33. The van der Waals surface area contributed by atoms with Gasteiger partial charge in [-0.3, -0.25) is 10.1 Å². The van der Waals surface area contributed by atoms with Crippen molar-refractivity contribution in [1.29, 1.82) is 0 Å². The van der Waals surface area contributed by atoms with Crippen LogP contribution < -0.4 is 10.6 Å². The van der Waals surface area contributed by atoms with E-state index in [1.165, 1.54) is 0 Å². The molecule has 1 heterocycles. The Morgan fingerprint density at radius 3 is 2.86 bits per heavy atom. The van der Waals surface area contributed by atoms with Crippen LogP contribution in [0.1, 0.15) is 18.7 Å². The van der Waals surface area contributed by atoms with Crippen molar-refractivity contribution in [3.05, 3.63) is 11.8 Å². The molecule has 2 N–H and O–H groups in total. The topological polar surface area (TPSA) is 80.0 Å². The van der Waals surface area contributed by atoms with Crippen molar-refractivity contribution in [2.24, 2.45) is 0 Å². The molecule has 0 saturated heterocycles. The Morgan fingerprint density at radius 1 is 1.50 bits per heavy atom. The standard InChI is InChI=1S/C8H14N4O2/c1-3-10-7(13)4-9-5-8-12-11-6(2)14-8/h9H,3-5H2,1-2H3,(H,10,13). The number of carbonyl (C=O) groups is 1. The molecule has 0 aliphatic heterocycles. The lowest BCUT2D eigenvalue weighted by atomic mass is 10.5. The maximum Gasteiger partial charge on any atom is 0.233 e. The molecule has 6 heteroatoms. The van der Waals surface area contributed by atoms with Crippen LogP contribution in [0.4, 0.5) is 0 Å². The monoisotopic (exact) mass is 198 g/mol. The SMILES string of the molecule is CCNC(=O)CNCc1nnc(C)o1. The minimum Gasteiger partial charge on any atom is -0.424 e. The summed E-state index contributed by atoms with van der Waals surface area (Å²) in [6.07, 6.45) is 0. The van der Waals surface area contributed by atoms with Gasteiger partial charge in [0, 0.05) is 13.5 Å². The van der Waals surface area contributed by atoms with E-state index in [0.29, 0.717) is 24.9 Å². The number of amides is 1. The summed E-state index contributed by atoms with van der Waals surface area (Å²) >= 11 is 0. The first kappa shape index (κ1) is 10.6. The first-order valence-electron chi connectivity index (χ1n) is 4.48. The smallest absolute Gasteiger partial charge is 0.233 e. The highest BCUT2D eigenvalue weighted by atomic mass is 16.4. The van der Waals surface area contributed by atoms with Gasteiger partial charge in [-0.15, -0.1) is 10.2 Å². The first-order chi connectivity index (χ1) is 6.72. The van der Waals surface area contributed by atoms with Gasteiger partial charge in [0.05, 0.1) is 13.1 Å². The molecule has 0 atom stereocenters. The summed E-state index contributed by atoms with van der Waals surface area (Å²) in [4.78, 5) is 11.0. The van der Waals surface area contributed by atoms with Crippen molar-refractivity contribution in [2.75, 3.05) is 13.1 Å². The van der Waals surface area contributed by atoms with Crippen LogP contribution in [0.15, 0.2) is 4.42 Å². The molecule has 1 rings (SSSR count). The van der Waals surface area contributed by atoms with Crippen LogP contribution in [0.3, 0.4) is 0 Å². The maximum absolute atomic E-state index is 11.0. The van der Waals surface area contributed by atoms with Crippen molar-refractivity contribution in [1.82, 2.24) is 20.8 Å². The molecule has 0 bridgehead atoms. The quantitative estimate of drug-likeness (QED) is 0.673. The number of aromatic nitrogens is 2. The van der Waals surface area contributed by atoms with Gasteiger partial charge in [0.25, 0.3) is 0 Å². The van der Waals surface area contributed by atoms with Crippen LogP contribution in [0.25, 0.3) is 0 Å². The molecular weight excluding hydrogens is 184 g/mol. The normalized spacial score (nSPS) is 10.1. The minimum atomic E-state index is -0.0382. The van der Waals surface area contributed by atoms with Crippen LogP contribution in [-0.4, -0.2) is 29.2 Å². The molecule has 0 saturated carbocycles. The van der Waals surface area contributed by atoms with Crippen LogP contribution in [-0.2, 0) is 11.3 Å². The molecule has 78 valence electrons. The second-order valence-corrected chi connectivity index (χ2v) is 2.77. The molecular formula is C8H14N4O2. The van der Waals surface area contributed by atoms with Gasteiger partial charge in [-0.25, -0.2) is 0 Å². The van der Waals surface area contributed by atoms with Gasteiger partial charge >= 0.3 is 0 Å². The van der Waals surface area contributed by atoms with E-state index in [4.69, 9.17) is 4.42 Å². The summed E-state index contributed by atoms with van der Waals surface area (Å²) in [5, 5.41) is 13.0. The summed E-state index contributed by atoms with van der Waals surface area (Å²) < 4.78 is 5.11. The molecule has 1 aromatic heterocycles. The Kier molecular flexibility index (Phi) is 4.06. The van der Waals surface area contributed by atoms with Gasteiger partial charge in [0.1, 0.15) is 0 Å². The number of rotatable bonds is 5. The first-order valence-corrected chi connectivity index (χ1v) is 4.48. The zero-order valence-corrected chi connectivity index (χ0v) is 8.33. The zero-order valence-electron chi connectivity index (χ0n) is 8.33. The van der Waals surface area contributed by atoms with Crippen LogP contribution in [0.2, 0.25) is 0 Å². The Hall–Kier alpha value is -1.43. The average Bonchev–Trinajstić information content (AvgIpc) is 2.52. The van der Waals surface area contributed by atoms with Crippen molar-refractivity contribution in [3.8, 4) is 0 Å². The van der Waals surface area contributed by atoms with Gasteiger partial charge in [0.15, 0.2) is 0 Å². The van der Waals surface area contributed by atoms with Crippen LogP contribution >= 0.6 is 0 Å². The van der Waals surface area contributed by atoms with E-state index in [0.717, 1.165) is 0 Å². The molecule has 0 aliphatic carbocycles. The Bertz CT molecular complexity index is 297. The molecule has 0 radical (unpaired) electrons. The lowest BCUT2D eigenvalue weighted by Gasteiger charge is -2.01. The number of carbonyl (C=O) groups excluding carboxylic acids is 1. The van der Waals surface area contributed by atoms with Crippen LogP contribution in [0, 0.1) is 6.92 Å². The highest BCUT2D eigenvalue weighted by molar-refractivity contribution is 5.77. The number of likely N-dealkylation sites (N-methyl/N-ethyl adjacent to an activating group) is 1. The van der Waals surface area contributed by atoms with Gasteiger partial charge in [-0.05, 0) is 6.92 Å². The molecule has 0 fully saturated rings. The predicted octanol–water partition coefficient (Wildman–Crippen LogP) is -0.396. The predicted molar refractivity (Wildman–Crippen MR) is 49.4 cm³/mol. The minimum absolute atomic E-state index is 0.0382. The highest BCUT2D eigenvalue weighted by Crippen LogP contribution is 1.95. The van der Waals surface area contributed by atoms with Crippen LogP contribution in [0.5, 0.6) is 0 Å². The fourth-order valence-electron chi connectivity index (χ4n) is 0.952. The molecule has 0 unspecified atom stereocenters. The molecule has 0 spiro atoms. The highest BCUT2D eigenvalue weighted by Gasteiger charge is 2.02. The summed E-state index contributed by atoms with van der Waals surface area (Å²) in [6, 6.07) is 0. The second-order valence-electron chi connectivity index (χ2n) is 2.77. The maximum atomic E-state index is 11.0. The fourth-order valence-corrected chi connectivity index (χ4v) is 0.952. The van der Waals surface area contributed by atoms with E-state index in [1.54, 1.807) is 6.92 Å². The fraction of sp³-hybridized carbons (Fsp3) is 0.625. The number of hydrogen-bond acceptors (Lipinski definition) is 5. The summed E-state index contributed by atoms with van der Waals surface area (Å²) in [5.74, 6) is 0.982. The summed E-state index contributed by atoms with van der Waals surface area (Å²) in [7, 11) is 0. The number of nitrogens with one attached hydrogen (secondary N) is 2. The molecule has 0 aliphatic rings. The molecule has 14 heavy (non-hydrogen) atoms. The number of aryl methyl sites for hydroxylation is 1. The van der Waals surface area contributed by atoms with E-state index in [2.05, 4.69) is 20.8 Å². The zero-order chi connectivity index (χ0) is 10.4. The van der Waals surface area contributed by atoms with Crippen molar-refractivity contribution < 1.29 is 9.21 Å². The average molecular weight is 198 g/mol. The largest absolute Gasteiger partial charge is 0.424 e. The third kappa shape index (κ3) is 3.53. The number of hydrogen-bond donors (Lipinski definition) is 2. The third-order valence-electron chi connectivity index (χ3n) is 1.50. The van der Waals surface area contributed by atoms with Crippen molar-refractivity contribution >= 4 is 5.91 Å². The van der Waals surface area contributed by atoms with E-state index in [-0.39, 0.29) is 12.5 Å². The number of nitrogens with zero attached hydrogens (tertiary/aromatic N) is 2. The van der Waals surface area contributed by atoms with Gasteiger partial charge in [0.2, 0.25) is 17.7 Å². The molecule has 1 amide bonds. The van der Waals surface area contributed by atoms with Gasteiger partial charge in [-0.2, -0.15) is 0 Å². The third-order valence-corrected chi connectivity index (χ3v) is 1.50. The Labute approximate surface area is 82.1 Å². The lowest BCUT2D eigenvalue weighted by molar-refractivity contribution is -0.120. The van der Waals surface area contributed by atoms with E-state index in [1.807, 2.05) is 6.92 Å². The van der Waals surface area contributed by atoms with Crippen molar-refractivity contribution in [3.63, 3.8) is 0 Å². The Morgan fingerprint density at radius 2 is 2.29 bits per heavy atom. The van der Waals surface area contributed by atoms with E-state index >= 15 is 0 Å². The Balaban J connectivity index is 2.18. The van der Waals surface area contributed by atoms with Gasteiger partial charge in [-0.1, -0.05) is 0 Å². The lowest BCUT2D eigenvalue weighted by Crippen LogP contribution is -2.33. The van der Waals surface area contributed by atoms with E-state index in [9.17, 15) is 4.79 Å². The summed E-state index contributed by atoms with van der Waals surface area (Å²) in [6.45, 7) is 4.91. The molecule has 0 aromatic carbocycles. The molecule has 6 nitrogen and oxygen atoms in total. The van der Waals surface area contributed by atoms with Gasteiger partial charge < -0.3 is 9.73 Å². The summed E-state index contributed by atoms with van der Waals surface area (Å²) in [5.41, 5.74) is 0. The molecule has 1 aromatic rings. The van der Waals surface area contributed by atoms with Crippen molar-refractivity contribution in [2.45, 2.75) is 20.4 Å².